The minimum atomic E-state index is -0.274. The molecule has 1 fully saturated rings. The Kier molecular flexibility index (Phi) is 6.58. The molecule has 2 aromatic carbocycles. The van der Waals surface area contributed by atoms with Crippen molar-refractivity contribution in [2.24, 2.45) is 0 Å². The summed E-state index contributed by atoms with van der Waals surface area (Å²) >= 11 is 0. The van der Waals surface area contributed by atoms with E-state index in [9.17, 15) is 4.79 Å². The van der Waals surface area contributed by atoms with Crippen molar-refractivity contribution < 1.29 is 19.0 Å². The average molecular weight is 461 g/mol. The van der Waals surface area contributed by atoms with Crippen molar-refractivity contribution in [1.82, 2.24) is 15.3 Å². The number of hydrogen-bond acceptors (Lipinski definition) is 7. The van der Waals surface area contributed by atoms with E-state index in [1.165, 1.54) is 5.56 Å². The van der Waals surface area contributed by atoms with E-state index in [1.807, 2.05) is 36.4 Å². The van der Waals surface area contributed by atoms with Crippen LogP contribution in [-0.4, -0.2) is 48.8 Å². The summed E-state index contributed by atoms with van der Waals surface area (Å²) in [4.78, 5) is 24.3. The Hall–Kier alpha value is -3.65. The number of anilines is 2. The van der Waals surface area contributed by atoms with E-state index in [0.717, 1.165) is 49.4 Å². The maximum Gasteiger partial charge on any atom is 0.258 e. The number of nitrogens with zero attached hydrogens (tertiary/aromatic N) is 3. The number of aromatic nitrogens is 2. The highest BCUT2D eigenvalue weighted by Crippen LogP contribution is 2.33. The normalized spacial score (nSPS) is 16.9. The smallest absolute Gasteiger partial charge is 0.258 e. The number of para-hydroxylation sites is 1. The number of carbonyl (C=O) groups is 1. The summed E-state index contributed by atoms with van der Waals surface area (Å²) in [5.41, 5.74) is 3.55. The first-order chi connectivity index (χ1) is 16.7. The van der Waals surface area contributed by atoms with Crippen LogP contribution >= 0.6 is 0 Å². The number of rotatable bonds is 8. The Bertz CT molecular complexity index is 1160. The predicted octanol–water partition coefficient (Wildman–Crippen LogP) is 3.67. The van der Waals surface area contributed by atoms with Gasteiger partial charge in [-0.1, -0.05) is 30.3 Å². The summed E-state index contributed by atoms with van der Waals surface area (Å²) in [6.45, 7) is 2.22. The van der Waals surface area contributed by atoms with Gasteiger partial charge in [0.15, 0.2) is 0 Å². The maximum atomic E-state index is 13.0. The van der Waals surface area contributed by atoms with Crippen LogP contribution in [-0.2, 0) is 17.8 Å². The molecule has 0 radical (unpaired) electrons. The first-order valence-electron chi connectivity index (χ1n) is 11.6. The first kappa shape index (κ1) is 22.2. The number of carbonyl (C=O) groups excluding carboxylic acids is 1. The summed E-state index contributed by atoms with van der Waals surface area (Å²) in [6.07, 6.45) is 4.48. The molecule has 34 heavy (non-hydrogen) atoms. The fourth-order valence-corrected chi connectivity index (χ4v) is 4.32. The molecule has 8 nitrogen and oxygen atoms in total. The monoisotopic (exact) mass is 460 g/mol. The van der Waals surface area contributed by atoms with Crippen LogP contribution in [0.1, 0.15) is 34.3 Å². The number of amides is 1. The molecule has 0 saturated carbocycles. The van der Waals surface area contributed by atoms with Crippen molar-refractivity contribution >= 4 is 17.5 Å². The van der Waals surface area contributed by atoms with Gasteiger partial charge in [0.25, 0.3) is 5.91 Å². The molecule has 1 amide bonds. The lowest BCUT2D eigenvalue weighted by Crippen LogP contribution is -2.32. The topological polar surface area (TPSA) is 85.8 Å². The third-order valence-electron chi connectivity index (χ3n) is 6.14. The van der Waals surface area contributed by atoms with Crippen LogP contribution in [0.4, 0.5) is 11.6 Å². The highest BCUT2D eigenvalue weighted by atomic mass is 16.5. The summed E-state index contributed by atoms with van der Waals surface area (Å²) in [5.74, 6) is 1.24. The summed E-state index contributed by atoms with van der Waals surface area (Å²) < 4.78 is 17.0. The number of benzene rings is 2. The Morgan fingerprint density at radius 2 is 2.15 bits per heavy atom. The van der Waals surface area contributed by atoms with Crippen LogP contribution in [0.15, 0.2) is 54.7 Å². The molecule has 1 N–H and O–H groups in total. The van der Waals surface area contributed by atoms with Gasteiger partial charge in [-0.15, -0.1) is 0 Å². The third-order valence-corrected chi connectivity index (χ3v) is 6.14. The summed E-state index contributed by atoms with van der Waals surface area (Å²) in [7, 11) is 1.63. The van der Waals surface area contributed by atoms with Crippen molar-refractivity contribution in [3.8, 4) is 11.6 Å². The molecular formula is C26H28N4O4. The zero-order valence-electron chi connectivity index (χ0n) is 19.2. The maximum absolute atomic E-state index is 13.0. The fourth-order valence-electron chi connectivity index (χ4n) is 4.32. The molecule has 2 aliphatic rings. The predicted molar refractivity (Wildman–Crippen MR) is 128 cm³/mol. The second-order valence-electron chi connectivity index (χ2n) is 8.40. The van der Waals surface area contributed by atoms with Crippen LogP contribution < -0.4 is 19.7 Å². The zero-order chi connectivity index (χ0) is 23.3. The van der Waals surface area contributed by atoms with E-state index in [-0.39, 0.29) is 24.5 Å². The van der Waals surface area contributed by atoms with Crippen molar-refractivity contribution in [2.45, 2.75) is 32.0 Å². The van der Waals surface area contributed by atoms with Gasteiger partial charge in [-0.3, -0.25) is 4.79 Å². The fraction of sp³-hybridized carbons (Fsp3) is 0.346. The van der Waals surface area contributed by atoms with Crippen molar-refractivity contribution in [1.29, 1.82) is 0 Å². The zero-order valence-corrected chi connectivity index (χ0v) is 19.2. The molecule has 176 valence electrons. The number of hydrogen-bond donors (Lipinski definition) is 1. The molecule has 0 bridgehead atoms. The molecule has 8 heteroatoms. The van der Waals surface area contributed by atoms with Gasteiger partial charge in [-0.25, -0.2) is 4.98 Å². The van der Waals surface area contributed by atoms with E-state index in [2.05, 4.69) is 32.3 Å². The van der Waals surface area contributed by atoms with Crippen LogP contribution in [0.25, 0.3) is 0 Å². The SMILES string of the molecule is COc1cccc(COc2nc(N3CCc4ccccc43)ncc2C(=O)NCC2CCCO2)c1. The van der Waals surface area contributed by atoms with E-state index in [0.29, 0.717) is 18.1 Å². The van der Waals surface area contributed by atoms with Gasteiger partial charge in [0.1, 0.15) is 17.9 Å². The van der Waals surface area contributed by atoms with Gasteiger partial charge in [-0.2, -0.15) is 4.98 Å². The van der Waals surface area contributed by atoms with Crippen LogP contribution in [0, 0.1) is 0 Å². The van der Waals surface area contributed by atoms with Gasteiger partial charge >= 0.3 is 0 Å². The number of ether oxygens (including phenoxy) is 3. The molecule has 0 aliphatic carbocycles. The second kappa shape index (κ2) is 10.1. The molecule has 3 aromatic rings. The number of nitrogens with one attached hydrogen (secondary N) is 1. The minimum Gasteiger partial charge on any atom is -0.497 e. The average Bonchev–Trinajstić information content (AvgIpc) is 3.56. The van der Waals surface area contributed by atoms with Gasteiger partial charge in [-0.05, 0) is 48.6 Å². The molecule has 2 aliphatic heterocycles. The van der Waals surface area contributed by atoms with Crippen molar-refractivity contribution in [2.75, 3.05) is 31.7 Å². The number of fused-ring (bicyclic) bond motifs is 1. The molecule has 1 saturated heterocycles. The Morgan fingerprint density at radius 1 is 1.24 bits per heavy atom. The van der Waals surface area contributed by atoms with Crippen LogP contribution in [0.5, 0.6) is 11.6 Å². The number of methoxy groups -OCH3 is 1. The molecule has 0 spiro atoms. The highest BCUT2D eigenvalue weighted by molar-refractivity contribution is 5.96. The third kappa shape index (κ3) is 4.82. The van der Waals surface area contributed by atoms with Gasteiger partial charge < -0.3 is 24.4 Å². The first-order valence-corrected chi connectivity index (χ1v) is 11.6. The van der Waals surface area contributed by atoms with Crippen molar-refractivity contribution in [3.63, 3.8) is 0 Å². The van der Waals surface area contributed by atoms with E-state index < -0.39 is 0 Å². The van der Waals surface area contributed by atoms with E-state index in [4.69, 9.17) is 14.2 Å². The van der Waals surface area contributed by atoms with Gasteiger partial charge in [0.05, 0.1) is 13.2 Å². The molecular weight excluding hydrogens is 432 g/mol. The minimum absolute atomic E-state index is 0.0476. The summed E-state index contributed by atoms with van der Waals surface area (Å²) in [6, 6.07) is 15.8. The Balaban J connectivity index is 1.39. The van der Waals surface area contributed by atoms with Crippen LogP contribution in [0.3, 0.4) is 0 Å². The lowest BCUT2D eigenvalue weighted by Gasteiger charge is -2.19. The molecule has 3 heterocycles. The molecule has 1 atom stereocenters. The van der Waals surface area contributed by atoms with Gasteiger partial charge in [0, 0.05) is 31.6 Å². The summed E-state index contributed by atoms with van der Waals surface area (Å²) in [5, 5.41) is 2.94. The highest BCUT2D eigenvalue weighted by Gasteiger charge is 2.25. The lowest BCUT2D eigenvalue weighted by molar-refractivity contribution is 0.0853. The standard InChI is InChI=1S/C26H28N4O4/c1-32-20-8-4-6-18(14-20)17-34-25-22(24(31)27-15-21-9-5-13-33-21)16-28-26(29-25)30-12-11-19-7-2-3-10-23(19)30/h2-4,6-8,10,14,16,21H,5,9,11-13,15,17H2,1H3,(H,27,31). The van der Waals surface area contributed by atoms with E-state index in [1.54, 1.807) is 13.3 Å². The molecule has 5 rings (SSSR count). The van der Waals surface area contributed by atoms with Crippen LogP contribution in [0.2, 0.25) is 0 Å². The quantitative estimate of drug-likeness (QED) is 0.549. The molecule has 1 aromatic heterocycles. The Morgan fingerprint density at radius 3 is 3.00 bits per heavy atom. The Labute approximate surface area is 198 Å². The largest absolute Gasteiger partial charge is 0.497 e. The van der Waals surface area contributed by atoms with Crippen molar-refractivity contribution in [3.05, 3.63) is 71.4 Å². The second-order valence-corrected chi connectivity index (χ2v) is 8.40. The van der Waals surface area contributed by atoms with Gasteiger partial charge in [0.2, 0.25) is 11.8 Å². The molecule has 1 unspecified atom stereocenters. The lowest BCUT2D eigenvalue weighted by atomic mass is 10.2. The van der Waals surface area contributed by atoms with E-state index >= 15 is 0 Å².